The van der Waals surface area contributed by atoms with Crippen molar-refractivity contribution in [3.05, 3.63) is 21.6 Å². The summed E-state index contributed by atoms with van der Waals surface area (Å²) in [6, 6.07) is 0. The van der Waals surface area contributed by atoms with Gasteiger partial charge in [-0.05, 0) is 18.8 Å². The van der Waals surface area contributed by atoms with Crippen molar-refractivity contribution in [3.8, 4) is 0 Å². The standard InChI is InChI=1S/C11H15ClN4O2/c12-8-5-15-16(6-7-1-2-7)11(18)10(8)14-4-3-9(13)17/h5,7,14H,1-4,6H2,(H2,13,17). The number of nitrogens with one attached hydrogen (secondary N) is 1. The van der Waals surface area contributed by atoms with Gasteiger partial charge in [-0.2, -0.15) is 5.10 Å². The fraction of sp³-hybridized carbons (Fsp3) is 0.545. The zero-order chi connectivity index (χ0) is 13.1. The minimum absolute atomic E-state index is 0.153. The SMILES string of the molecule is NC(=O)CCNc1c(Cl)cnn(CC2CC2)c1=O. The molecule has 7 heteroatoms. The summed E-state index contributed by atoms with van der Waals surface area (Å²) in [5.41, 5.74) is 5.06. The van der Waals surface area contributed by atoms with Crippen LogP contribution in [0.2, 0.25) is 5.02 Å². The first kappa shape index (κ1) is 12.9. The Balaban J connectivity index is 2.11. The monoisotopic (exact) mass is 270 g/mol. The van der Waals surface area contributed by atoms with Crippen molar-refractivity contribution in [1.82, 2.24) is 9.78 Å². The molecule has 1 aliphatic rings. The molecule has 1 aromatic heterocycles. The molecule has 1 aliphatic carbocycles. The number of nitrogens with zero attached hydrogens (tertiary/aromatic N) is 2. The number of carbonyl (C=O) groups excluding carboxylic acids is 1. The van der Waals surface area contributed by atoms with Gasteiger partial charge in [-0.1, -0.05) is 11.6 Å². The Kier molecular flexibility index (Phi) is 3.86. The van der Waals surface area contributed by atoms with Gasteiger partial charge in [0.1, 0.15) is 5.69 Å². The Morgan fingerprint density at radius 3 is 2.94 bits per heavy atom. The molecule has 1 fully saturated rings. The maximum Gasteiger partial charge on any atom is 0.291 e. The van der Waals surface area contributed by atoms with Crippen molar-refractivity contribution in [3.63, 3.8) is 0 Å². The summed E-state index contributed by atoms with van der Waals surface area (Å²) in [5, 5.41) is 7.10. The fourth-order valence-electron chi connectivity index (χ4n) is 1.61. The first-order valence-corrected chi connectivity index (χ1v) is 6.23. The predicted molar refractivity (Wildman–Crippen MR) is 68.5 cm³/mol. The number of amides is 1. The van der Waals surface area contributed by atoms with Crippen LogP contribution in [0.4, 0.5) is 5.69 Å². The van der Waals surface area contributed by atoms with Crippen molar-refractivity contribution in [2.75, 3.05) is 11.9 Å². The van der Waals surface area contributed by atoms with Crippen LogP contribution in [0.25, 0.3) is 0 Å². The van der Waals surface area contributed by atoms with E-state index in [0.29, 0.717) is 12.5 Å². The van der Waals surface area contributed by atoms with Gasteiger partial charge in [0.05, 0.1) is 11.2 Å². The van der Waals surface area contributed by atoms with Crippen LogP contribution in [0.3, 0.4) is 0 Å². The van der Waals surface area contributed by atoms with Crippen molar-refractivity contribution in [1.29, 1.82) is 0 Å². The molecule has 1 saturated carbocycles. The van der Waals surface area contributed by atoms with Gasteiger partial charge in [-0.15, -0.1) is 0 Å². The minimum atomic E-state index is -0.425. The predicted octanol–water partition coefficient (Wildman–Crippen LogP) is 0.594. The van der Waals surface area contributed by atoms with Gasteiger partial charge >= 0.3 is 0 Å². The average Bonchev–Trinajstić information content (AvgIpc) is 3.10. The van der Waals surface area contributed by atoms with E-state index in [9.17, 15) is 9.59 Å². The highest BCUT2D eigenvalue weighted by atomic mass is 35.5. The van der Waals surface area contributed by atoms with Crippen molar-refractivity contribution in [2.45, 2.75) is 25.8 Å². The molecule has 0 unspecified atom stereocenters. The molecule has 0 saturated heterocycles. The third-order valence-electron chi connectivity index (χ3n) is 2.80. The third-order valence-corrected chi connectivity index (χ3v) is 3.09. The summed E-state index contributed by atoms with van der Waals surface area (Å²) in [7, 11) is 0. The molecular weight excluding hydrogens is 256 g/mol. The second-order valence-electron chi connectivity index (χ2n) is 4.44. The number of hydrogen-bond donors (Lipinski definition) is 2. The van der Waals surface area contributed by atoms with Gasteiger partial charge in [-0.25, -0.2) is 4.68 Å². The van der Waals surface area contributed by atoms with E-state index in [0.717, 1.165) is 12.8 Å². The number of anilines is 1. The molecular formula is C11H15ClN4O2. The Labute approximate surface area is 109 Å². The number of primary amides is 1. The maximum absolute atomic E-state index is 12.1. The highest BCUT2D eigenvalue weighted by Gasteiger charge is 2.23. The largest absolute Gasteiger partial charge is 0.379 e. The Hall–Kier alpha value is -1.56. The van der Waals surface area contributed by atoms with Gasteiger partial charge in [0, 0.05) is 19.5 Å². The van der Waals surface area contributed by atoms with E-state index in [1.165, 1.54) is 10.9 Å². The van der Waals surface area contributed by atoms with Gasteiger partial charge in [0.25, 0.3) is 5.56 Å². The molecule has 3 N–H and O–H groups in total. The molecule has 0 aromatic carbocycles. The molecule has 1 heterocycles. The molecule has 0 radical (unpaired) electrons. The summed E-state index contributed by atoms with van der Waals surface area (Å²) in [6.07, 6.45) is 3.88. The van der Waals surface area contributed by atoms with Gasteiger partial charge in [0.15, 0.2) is 0 Å². The summed E-state index contributed by atoms with van der Waals surface area (Å²) < 4.78 is 1.41. The van der Waals surface area contributed by atoms with Crippen molar-refractivity contribution >= 4 is 23.2 Å². The van der Waals surface area contributed by atoms with Crippen LogP contribution >= 0.6 is 11.6 Å². The Morgan fingerprint density at radius 1 is 1.61 bits per heavy atom. The number of hydrogen-bond acceptors (Lipinski definition) is 4. The van der Waals surface area contributed by atoms with Crippen LogP contribution in [-0.4, -0.2) is 22.2 Å². The summed E-state index contributed by atoms with van der Waals surface area (Å²) in [4.78, 5) is 22.7. The molecule has 98 valence electrons. The maximum atomic E-state index is 12.1. The Bertz CT molecular complexity index is 510. The second kappa shape index (κ2) is 5.39. The lowest BCUT2D eigenvalue weighted by atomic mass is 10.3. The van der Waals surface area contributed by atoms with Gasteiger partial charge in [0.2, 0.25) is 5.91 Å². The molecule has 0 aliphatic heterocycles. The quantitative estimate of drug-likeness (QED) is 0.792. The van der Waals surface area contributed by atoms with Crippen LogP contribution < -0.4 is 16.6 Å². The highest BCUT2D eigenvalue weighted by molar-refractivity contribution is 6.33. The van der Waals surface area contributed by atoms with Gasteiger partial charge < -0.3 is 11.1 Å². The number of nitrogens with two attached hydrogens (primary N) is 1. The lowest BCUT2D eigenvalue weighted by Gasteiger charge is -2.09. The molecule has 1 amide bonds. The smallest absolute Gasteiger partial charge is 0.291 e. The molecule has 0 bridgehead atoms. The van der Waals surface area contributed by atoms with E-state index in [4.69, 9.17) is 17.3 Å². The van der Waals surface area contributed by atoms with Crippen LogP contribution in [-0.2, 0) is 11.3 Å². The number of halogens is 1. The molecule has 18 heavy (non-hydrogen) atoms. The zero-order valence-electron chi connectivity index (χ0n) is 9.86. The number of aromatic nitrogens is 2. The lowest BCUT2D eigenvalue weighted by molar-refractivity contribution is -0.117. The van der Waals surface area contributed by atoms with E-state index in [1.807, 2.05) is 0 Å². The third kappa shape index (κ3) is 3.22. The van der Waals surface area contributed by atoms with Crippen molar-refractivity contribution < 1.29 is 4.79 Å². The highest BCUT2D eigenvalue weighted by Crippen LogP contribution is 2.30. The fourth-order valence-corrected chi connectivity index (χ4v) is 1.81. The summed E-state index contributed by atoms with van der Waals surface area (Å²) in [5.74, 6) is 0.126. The Morgan fingerprint density at radius 2 is 2.33 bits per heavy atom. The van der Waals surface area contributed by atoms with E-state index in [-0.39, 0.29) is 29.2 Å². The van der Waals surface area contributed by atoms with Crippen molar-refractivity contribution in [2.24, 2.45) is 11.7 Å². The van der Waals surface area contributed by atoms with E-state index in [1.54, 1.807) is 0 Å². The first-order valence-electron chi connectivity index (χ1n) is 5.85. The second-order valence-corrected chi connectivity index (χ2v) is 4.85. The number of carbonyl (C=O) groups is 1. The van der Waals surface area contributed by atoms with Crippen LogP contribution in [0.15, 0.2) is 11.0 Å². The van der Waals surface area contributed by atoms with E-state index < -0.39 is 5.91 Å². The molecule has 1 aromatic rings. The normalized spacial score (nSPS) is 14.5. The molecule has 0 atom stereocenters. The molecule has 0 spiro atoms. The zero-order valence-corrected chi connectivity index (χ0v) is 10.6. The summed E-state index contributed by atoms with van der Waals surface area (Å²) in [6.45, 7) is 0.915. The van der Waals surface area contributed by atoms with E-state index in [2.05, 4.69) is 10.4 Å². The van der Waals surface area contributed by atoms with E-state index >= 15 is 0 Å². The molecule has 6 nitrogen and oxygen atoms in total. The van der Waals surface area contributed by atoms with Gasteiger partial charge in [-0.3, -0.25) is 9.59 Å². The summed E-state index contributed by atoms with van der Waals surface area (Å²) >= 11 is 5.91. The van der Waals surface area contributed by atoms with Crippen LogP contribution in [0.5, 0.6) is 0 Å². The van der Waals surface area contributed by atoms with Crippen LogP contribution in [0.1, 0.15) is 19.3 Å². The average molecular weight is 271 g/mol. The van der Waals surface area contributed by atoms with Crippen LogP contribution in [0, 0.1) is 5.92 Å². The first-order chi connectivity index (χ1) is 8.58. The topological polar surface area (TPSA) is 90.0 Å². The molecule has 2 rings (SSSR count). The lowest BCUT2D eigenvalue weighted by Crippen LogP contribution is -2.27. The number of rotatable bonds is 6. The minimum Gasteiger partial charge on any atom is -0.379 e.